The number of carbonyl (C=O) groups is 1. The minimum Gasteiger partial charge on any atom is -0.507 e. The molecule has 0 aliphatic carbocycles. The van der Waals surface area contributed by atoms with Gasteiger partial charge in [0.05, 0.1) is 26.6 Å². The number of nitriles is 1. The summed E-state index contributed by atoms with van der Waals surface area (Å²) in [4.78, 5) is 11.4. The van der Waals surface area contributed by atoms with Crippen LogP contribution in [0, 0.1) is 14.9 Å². The zero-order chi connectivity index (χ0) is 10.7. The van der Waals surface area contributed by atoms with Crippen LogP contribution in [-0.2, 0) is 0 Å². The van der Waals surface area contributed by atoms with Crippen LogP contribution in [0.5, 0.6) is 5.75 Å². The summed E-state index contributed by atoms with van der Waals surface area (Å²) in [6.45, 7) is 0. The third-order valence-corrected chi connectivity index (χ3v) is 2.98. The number of benzene rings is 1. The number of hydrogen-bond acceptors (Lipinski definition) is 3. The number of carbonyl (C=O) groups excluding carboxylic acids is 1. The van der Waals surface area contributed by atoms with E-state index in [0.717, 1.165) is 0 Å². The fourth-order valence-corrected chi connectivity index (χ4v) is 1.90. The van der Waals surface area contributed by atoms with Crippen molar-refractivity contribution in [3.63, 3.8) is 0 Å². The van der Waals surface area contributed by atoms with Crippen LogP contribution in [0.25, 0.3) is 0 Å². The van der Waals surface area contributed by atoms with Gasteiger partial charge in [-0.1, -0.05) is 0 Å². The number of halogens is 2. The molecule has 0 atom stereocenters. The van der Waals surface area contributed by atoms with Crippen LogP contribution >= 0.6 is 34.2 Å². The lowest BCUT2D eigenvalue weighted by Gasteiger charge is -2.05. The van der Waals surface area contributed by atoms with Crippen molar-refractivity contribution in [3.8, 4) is 11.8 Å². The molecule has 5 heteroatoms. The van der Waals surface area contributed by atoms with Crippen molar-refractivity contribution in [2.75, 3.05) is 5.88 Å². The Balaban J connectivity index is 3.45. The minimum atomic E-state index is -0.358. The molecular formula is C9H5ClINO2. The van der Waals surface area contributed by atoms with Crippen molar-refractivity contribution < 1.29 is 9.90 Å². The summed E-state index contributed by atoms with van der Waals surface area (Å²) < 4.78 is 0.368. The molecule has 0 amide bonds. The molecule has 0 saturated heterocycles. The quantitative estimate of drug-likeness (QED) is 0.516. The lowest BCUT2D eigenvalue weighted by atomic mass is 10.1. The first-order valence-electron chi connectivity index (χ1n) is 3.62. The monoisotopic (exact) mass is 321 g/mol. The van der Waals surface area contributed by atoms with Gasteiger partial charge in [0.15, 0.2) is 5.78 Å². The molecule has 0 bridgehead atoms. The van der Waals surface area contributed by atoms with Crippen LogP contribution in [0.3, 0.4) is 0 Å². The van der Waals surface area contributed by atoms with Crippen molar-refractivity contribution in [1.29, 1.82) is 5.26 Å². The number of rotatable bonds is 2. The molecule has 3 nitrogen and oxygen atoms in total. The van der Waals surface area contributed by atoms with E-state index in [1.54, 1.807) is 0 Å². The molecule has 72 valence electrons. The van der Waals surface area contributed by atoms with Gasteiger partial charge in [-0.3, -0.25) is 4.79 Å². The van der Waals surface area contributed by atoms with E-state index in [1.807, 2.05) is 28.7 Å². The number of aromatic hydroxyl groups is 1. The fourth-order valence-electron chi connectivity index (χ4n) is 0.998. The maximum atomic E-state index is 11.4. The Morgan fingerprint density at radius 1 is 1.64 bits per heavy atom. The predicted molar refractivity (Wildman–Crippen MR) is 60.6 cm³/mol. The smallest absolute Gasteiger partial charge is 0.180 e. The number of hydrogen-bond donors (Lipinski definition) is 1. The Bertz CT molecular complexity index is 426. The van der Waals surface area contributed by atoms with Crippen molar-refractivity contribution in [2.24, 2.45) is 0 Å². The first-order chi connectivity index (χ1) is 6.61. The standard InChI is InChI=1S/C9H5ClINO2/c10-3-7(14)8-5(4-12)1-2-6(13)9(8)11/h1-2,13H,3H2. The Labute approximate surface area is 99.4 Å². The molecule has 1 N–H and O–H groups in total. The van der Waals surface area contributed by atoms with Gasteiger partial charge in [-0.05, 0) is 34.7 Å². The Morgan fingerprint density at radius 2 is 2.29 bits per heavy atom. The Hall–Kier alpha value is -0.800. The molecule has 1 rings (SSSR count). The summed E-state index contributed by atoms with van der Waals surface area (Å²) in [6.07, 6.45) is 0. The number of phenolic OH excluding ortho intramolecular Hbond substituents is 1. The second-order valence-electron chi connectivity index (χ2n) is 2.49. The van der Waals surface area contributed by atoms with Crippen LogP contribution in [0.15, 0.2) is 12.1 Å². The predicted octanol–water partition coefficient (Wildman–Crippen LogP) is 2.29. The van der Waals surface area contributed by atoms with Crippen molar-refractivity contribution in [1.82, 2.24) is 0 Å². The fraction of sp³-hybridized carbons (Fsp3) is 0.111. The summed E-state index contributed by atoms with van der Waals surface area (Å²) in [5.74, 6) is -0.574. The molecule has 1 aromatic carbocycles. The van der Waals surface area contributed by atoms with Gasteiger partial charge >= 0.3 is 0 Å². The van der Waals surface area contributed by atoms with Gasteiger partial charge in [0.1, 0.15) is 5.75 Å². The zero-order valence-corrected chi connectivity index (χ0v) is 9.83. The molecular weight excluding hydrogens is 316 g/mol. The number of Topliss-reactive ketones (excluding diaryl/α,β-unsaturated/α-hetero) is 1. The van der Waals surface area contributed by atoms with E-state index in [-0.39, 0.29) is 28.5 Å². The van der Waals surface area contributed by atoms with E-state index >= 15 is 0 Å². The van der Waals surface area contributed by atoms with E-state index in [9.17, 15) is 9.90 Å². The Morgan fingerprint density at radius 3 is 2.79 bits per heavy atom. The van der Waals surface area contributed by atoms with Crippen LogP contribution in [-0.4, -0.2) is 16.8 Å². The number of phenols is 1. The lowest BCUT2D eigenvalue weighted by Crippen LogP contribution is -2.06. The van der Waals surface area contributed by atoms with E-state index in [1.165, 1.54) is 12.1 Å². The topological polar surface area (TPSA) is 61.1 Å². The summed E-state index contributed by atoms with van der Waals surface area (Å²) in [5.41, 5.74) is 0.431. The highest BCUT2D eigenvalue weighted by Gasteiger charge is 2.16. The van der Waals surface area contributed by atoms with E-state index < -0.39 is 0 Å². The van der Waals surface area contributed by atoms with Crippen molar-refractivity contribution in [3.05, 3.63) is 26.8 Å². The molecule has 0 fully saturated rings. The first-order valence-corrected chi connectivity index (χ1v) is 5.24. The van der Waals surface area contributed by atoms with Gasteiger partial charge in [-0.2, -0.15) is 5.26 Å². The molecule has 0 radical (unpaired) electrons. The maximum Gasteiger partial charge on any atom is 0.180 e. The average molecular weight is 322 g/mol. The van der Waals surface area contributed by atoms with Crippen molar-refractivity contribution >= 4 is 40.0 Å². The lowest BCUT2D eigenvalue weighted by molar-refractivity contribution is 0.101. The molecule has 0 spiro atoms. The third kappa shape index (κ3) is 1.99. The van der Waals surface area contributed by atoms with Gasteiger partial charge in [-0.15, -0.1) is 11.6 Å². The van der Waals surface area contributed by atoms with E-state index in [2.05, 4.69) is 0 Å². The van der Waals surface area contributed by atoms with Crippen LogP contribution in [0.1, 0.15) is 15.9 Å². The van der Waals surface area contributed by atoms with Gasteiger partial charge in [0.2, 0.25) is 0 Å². The van der Waals surface area contributed by atoms with Gasteiger partial charge in [-0.25, -0.2) is 0 Å². The van der Waals surface area contributed by atoms with Gasteiger partial charge in [0, 0.05) is 0 Å². The Kier molecular flexibility index (Phi) is 3.72. The van der Waals surface area contributed by atoms with Gasteiger partial charge < -0.3 is 5.11 Å². The number of alkyl halides is 1. The maximum absolute atomic E-state index is 11.4. The number of ketones is 1. The molecule has 0 aliphatic heterocycles. The van der Waals surface area contributed by atoms with Crippen LogP contribution < -0.4 is 0 Å². The van der Waals surface area contributed by atoms with Crippen LogP contribution in [0.4, 0.5) is 0 Å². The molecule has 0 unspecified atom stereocenters. The summed E-state index contributed by atoms with van der Waals surface area (Å²) in [7, 11) is 0. The summed E-state index contributed by atoms with van der Waals surface area (Å²) in [5, 5.41) is 18.1. The highest BCUT2D eigenvalue weighted by Crippen LogP contribution is 2.26. The SMILES string of the molecule is N#Cc1ccc(O)c(I)c1C(=O)CCl. The number of nitrogens with zero attached hydrogens (tertiary/aromatic N) is 1. The zero-order valence-electron chi connectivity index (χ0n) is 6.92. The van der Waals surface area contributed by atoms with Crippen molar-refractivity contribution in [2.45, 2.75) is 0 Å². The molecule has 0 saturated carbocycles. The second-order valence-corrected chi connectivity index (χ2v) is 3.84. The molecule has 1 aromatic rings. The molecule has 0 aliphatic rings. The molecule has 0 heterocycles. The molecule has 0 aromatic heterocycles. The molecule has 14 heavy (non-hydrogen) atoms. The van der Waals surface area contributed by atoms with Gasteiger partial charge in [0.25, 0.3) is 0 Å². The minimum absolute atomic E-state index is 0.0157. The second kappa shape index (κ2) is 4.62. The first kappa shape index (κ1) is 11.3. The van der Waals surface area contributed by atoms with E-state index in [0.29, 0.717) is 3.57 Å². The summed E-state index contributed by atoms with van der Waals surface area (Å²) >= 11 is 7.21. The average Bonchev–Trinajstić information content (AvgIpc) is 2.20. The van der Waals surface area contributed by atoms with Crippen LogP contribution in [0.2, 0.25) is 0 Å². The highest BCUT2D eigenvalue weighted by atomic mass is 127. The van der Waals surface area contributed by atoms with E-state index in [4.69, 9.17) is 16.9 Å². The largest absolute Gasteiger partial charge is 0.507 e. The third-order valence-electron chi connectivity index (χ3n) is 1.64. The highest BCUT2D eigenvalue weighted by molar-refractivity contribution is 14.1. The summed E-state index contributed by atoms with van der Waals surface area (Å²) in [6, 6.07) is 4.66. The normalized spacial score (nSPS) is 9.50.